The number of fused-ring (bicyclic) bond motifs is 6. The monoisotopic (exact) mass is 2040 g/mol. The Morgan fingerprint density at radius 1 is 0.395 bits per heavy atom. The molecule has 9 N–H and O–H groups in total. The summed E-state index contributed by atoms with van der Waals surface area (Å²) >= 11 is 3.08. The lowest BCUT2D eigenvalue weighted by molar-refractivity contribution is -0.184. The van der Waals surface area contributed by atoms with Crippen molar-refractivity contribution in [2.24, 2.45) is 0 Å². The molecule has 0 saturated carbocycles. The van der Waals surface area contributed by atoms with Gasteiger partial charge in [0.15, 0.2) is 17.9 Å². The molecule has 0 saturated heterocycles. The van der Waals surface area contributed by atoms with Crippen LogP contribution in [-0.2, 0) is 112 Å². The Bertz CT molecular complexity index is 7010. The third-order valence-electron chi connectivity index (χ3n) is 24.2. The number of esters is 4. The maximum Gasteiger partial charge on any atom is 0.349 e. The average molecular weight is 2040 g/mol. The number of rotatable bonds is 24. The van der Waals surface area contributed by atoms with Gasteiger partial charge in [0, 0.05) is 93.4 Å². The normalized spacial score (nSPS) is 17.0. The summed E-state index contributed by atoms with van der Waals surface area (Å²) in [4.78, 5) is 165. The number of imide groups is 1. The Morgan fingerprint density at radius 3 is 1.18 bits per heavy atom. The van der Waals surface area contributed by atoms with E-state index in [0.717, 1.165) is 82.9 Å². The average Bonchev–Trinajstić information content (AvgIpc) is 1.60. The highest BCUT2D eigenvalue weighted by Gasteiger charge is 2.50. The fourth-order valence-electron chi connectivity index (χ4n) is 17.7. The summed E-state index contributed by atoms with van der Waals surface area (Å²) in [5.41, 5.74) is 10.3. The van der Waals surface area contributed by atoms with Gasteiger partial charge in [-0.2, -0.15) is 0 Å². The zero-order valence-corrected chi connectivity index (χ0v) is 80.2. The molecular weight excluding hydrogens is 1940 g/mol. The van der Waals surface area contributed by atoms with Gasteiger partial charge in [0.2, 0.25) is 24.4 Å². The molecule has 758 valence electrons. The number of carbonyl (C=O) groups is 13. The standard InChI is InChI=1S/C28H27FN2O6S.C24H23FN2O4S.C22H20FNO7.C14H10FNO2.C14H12FN.C8H5NO2.CH4/c1-17(32)36-25(27(34)30-13-12-22-10-6-14-38-22)26(37-18(2)33)28(35)31-16-20-7-3-4-11-23(20)24(31)19-8-5-9-21(29)15-19;25-17-7-3-6-15(13-17)20-19-9-2-1-5-16(19)14-27(20)24(31)22(29)21(28)23(30)26-11-10-18-8-4-12-32-18;1-12(25)30-19(20(22(28)29)31-13(2)26)21(27)24-11-15-6-3-4-9-17(15)18(24)14-7-5-8-16(23)10-14;15-10-5-3-4-9(8-10)14(18)12-7-2-1-6-11(12)13(17)16-14;15-12-6-3-5-10(8-12)14-13-7-2-1-4-11(13)9-16-14;10-7-5-3-1-2-4-6(5)8(11)9-7;/h3-11,14-15,24-26H,12-13,16H2,1-2H3,(H,30,34);1-9,12-13,20-22,28-29H,10-11,14H2,(H,26,30);3-10,18-20H,11H2,1-2H3,(H,28,29);1-8,18H,(H,16,17);1-8,14,16H,9H2;1-4H,(H,9,10,11);1H4/t24-,25+,26+;20-,21+,22+;18?,19-,20-;;;;/m001..../s1. The maximum atomic E-state index is 14.2. The number of halogens is 5. The van der Waals surface area contributed by atoms with Gasteiger partial charge in [-0.15, -0.1) is 22.7 Å². The van der Waals surface area contributed by atoms with Gasteiger partial charge in [-0.1, -0.05) is 208 Å². The van der Waals surface area contributed by atoms with E-state index in [4.69, 9.17) is 18.9 Å². The Hall–Kier alpha value is -16.4. The van der Waals surface area contributed by atoms with Crippen molar-refractivity contribution in [1.29, 1.82) is 0 Å². The number of carboxylic acids is 1. The first-order valence-electron chi connectivity index (χ1n) is 45.8. The number of nitrogens with one attached hydrogen (secondary N) is 5. The first-order chi connectivity index (χ1) is 70.1. The predicted molar refractivity (Wildman–Crippen MR) is 529 cm³/mol. The van der Waals surface area contributed by atoms with Crippen molar-refractivity contribution in [2.75, 3.05) is 13.1 Å². The molecule has 19 rings (SSSR count). The van der Waals surface area contributed by atoms with E-state index in [2.05, 4.69) is 38.7 Å². The van der Waals surface area contributed by atoms with E-state index in [9.17, 15) is 105 Å². The van der Waals surface area contributed by atoms with Gasteiger partial charge in [0.1, 0.15) is 29.1 Å². The molecule has 13 aromatic rings. The van der Waals surface area contributed by atoms with Crippen LogP contribution < -0.4 is 26.6 Å². The van der Waals surface area contributed by atoms with Crippen LogP contribution in [0.25, 0.3) is 0 Å². The number of carbonyl (C=O) groups excluding carboxylic acids is 12. The SMILES string of the molecule is C.CC(=O)O[C@@H](C(=O)NCCc1cccs1)[C@@H](OC(C)=O)C(=O)N1Cc2ccccc2[C@@H]1c1cccc(F)c1.CC(=O)O[C@@H](C(=O)O)[C@@H](OC(C)=O)C(=O)N1Cc2ccccc2C1c1cccc(F)c1.Fc1cccc(C2NCc3ccccc32)c1.O=C(NCCc1cccs1)[C@H](O)[C@@H](O)C(=O)N1Cc2ccccc2[C@@H]1c1cccc(F)c1.O=C1NC(=O)c2ccccc21.O=C1NC(O)(c2cccc(F)c2)c2ccccc21. The van der Waals surface area contributed by atoms with Crippen LogP contribution in [0.3, 0.4) is 0 Å². The molecule has 3 unspecified atom stereocenters. The molecule has 0 aliphatic carbocycles. The topological polar surface area (TPSA) is 410 Å². The van der Waals surface area contributed by atoms with E-state index in [-0.39, 0.29) is 69.7 Å². The summed E-state index contributed by atoms with van der Waals surface area (Å²) in [5.74, 6) is -12.2. The number of amides is 8. The summed E-state index contributed by atoms with van der Waals surface area (Å²) in [6.45, 7) is 5.92. The summed E-state index contributed by atoms with van der Waals surface area (Å²) in [7, 11) is 0. The Morgan fingerprint density at radius 2 is 0.755 bits per heavy atom. The van der Waals surface area contributed by atoms with Crippen LogP contribution in [-0.4, -0.2) is 162 Å². The van der Waals surface area contributed by atoms with Crippen LogP contribution >= 0.6 is 22.7 Å². The Labute approximate surface area is 848 Å². The lowest BCUT2D eigenvalue weighted by Crippen LogP contribution is -2.54. The summed E-state index contributed by atoms with van der Waals surface area (Å²) in [6, 6.07) is 79.0. The molecule has 36 heteroatoms. The molecule has 29 nitrogen and oxygen atoms in total. The van der Waals surface area contributed by atoms with E-state index >= 15 is 0 Å². The number of ether oxygens (including phenoxy) is 4. The van der Waals surface area contributed by atoms with Crippen LogP contribution in [0.2, 0.25) is 0 Å². The second kappa shape index (κ2) is 49.3. The first-order valence-corrected chi connectivity index (χ1v) is 47.6. The number of aliphatic hydroxyl groups excluding tert-OH is 2. The molecule has 8 heterocycles. The number of carboxylic acid groups (broad SMARTS) is 1. The van der Waals surface area contributed by atoms with Gasteiger partial charge in [0.05, 0.1) is 35.3 Å². The smallest absolute Gasteiger partial charge is 0.349 e. The number of aliphatic hydroxyl groups is 3. The zero-order valence-electron chi connectivity index (χ0n) is 78.6. The van der Waals surface area contributed by atoms with Crippen LogP contribution in [0.5, 0.6) is 0 Å². The van der Waals surface area contributed by atoms with E-state index in [0.29, 0.717) is 57.3 Å². The van der Waals surface area contributed by atoms with Crippen molar-refractivity contribution in [2.45, 2.75) is 141 Å². The van der Waals surface area contributed by atoms with Crippen LogP contribution in [0.1, 0.15) is 178 Å². The number of benzene rings is 11. The quantitative estimate of drug-likeness (QED) is 0.0117. The molecule has 0 spiro atoms. The van der Waals surface area contributed by atoms with Gasteiger partial charge in [0.25, 0.3) is 47.3 Å². The molecule has 0 bridgehead atoms. The third-order valence-corrected chi connectivity index (χ3v) is 26.0. The van der Waals surface area contributed by atoms with Gasteiger partial charge >= 0.3 is 29.8 Å². The van der Waals surface area contributed by atoms with E-state index < -0.39 is 143 Å². The van der Waals surface area contributed by atoms with Crippen molar-refractivity contribution in [3.63, 3.8) is 0 Å². The third kappa shape index (κ3) is 26.2. The molecule has 8 amide bonds. The van der Waals surface area contributed by atoms with Crippen LogP contribution in [0, 0.1) is 29.1 Å². The van der Waals surface area contributed by atoms with Crippen molar-refractivity contribution in [3.8, 4) is 0 Å². The summed E-state index contributed by atoms with van der Waals surface area (Å²) in [5, 5.41) is 58.1. The minimum Gasteiger partial charge on any atom is -0.478 e. The van der Waals surface area contributed by atoms with E-state index in [1.807, 2.05) is 102 Å². The lowest BCUT2D eigenvalue weighted by Gasteiger charge is -2.32. The first kappa shape index (κ1) is 108. The highest BCUT2D eigenvalue weighted by atomic mass is 32.1. The molecule has 0 fully saturated rings. The van der Waals surface area contributed by atoms with E-state index in [1.165, 1.54) is 104 Å². The second-order valence-corrected chi connectivity index (χ2v) is 36.1. The van der Waals surface area contributed by atoms with E-state index in [1.54, 1.807) is 133 Å². The number of nitrogens with zero attached hydrogens (tertiary/aromatic N) is 3. The van der Waals surface area contributed by atoms with Crippen molar-refractivity contribution < 1.29 is 124 Å². The van der Waals surface area contributed by atoms with Crippen molar-refractivity contribution in [1.82, 2.24) is 41.3 Å². The molecule has 6 aliphatic rings. The number of aliphatic carboxylic acids is 1. The number of thiophene rings is 2. The molecule has 0 radical (unpaired) electrons. The summed E-state index contributed by atoms with van der Waals surface area (Å²) in [6.07, 6.45) is -10.2. The Balaban J connectivity index is 0.000000153. The van der Waals surface area contributed by atoms with Crippen molar-refractivity contribution in [3.05, 3.63) is 435 Å². The van der Waals surface area contributed by atoms with Crippen LogP contribution in [0.4, 0.5) is 22.0 Å². The van der Waals surface area contributed by atoms with Gasteiger partial charge < -0.3 is 75.3 Å². The molecule has 6 aliphatic heterocycles. The summed E-state index contributed by atoms with van der Waals surface area (Å²) < 4.78 is 88.7. The molecular formula is C111H101F5N8O21S2. The van der Waals surface area contributed by atoms with Crippen molar-refractivity contribution >= 4 is 99.8 Å². The highest BCUT2D eigenvalue weighted by molar-refractivity contribution is 7.10. The molecule has 2 aromatic heterocycles. The second-order valence-electron chi connectivity index (χ2n) is 34.1. The lowest BCUT2D eigenvalue weighted by atomic mass is 9.94. The number of hydrogen-bond donors (Lipinski definition) is 9. The fraction of sp³-hybridized carbons (Fsp3) is 0.216. The highest BCUT2D eigenvalue weighted by Crippen LogP contribution is 2.44. The molecule has 147 heavy (non-hydrogen) atoms. The minimum absolute atomic E-state index is 0. The Kier molecular flexibility index (Phi) is 36.2. The number of hydrogen-bond acceptors (Lipinski definition) is 23. The van der Waals surface area contributed by atoms with Gasteiger partial charge in [-0.05, 0) is 181 Å². The largest absolute Gasteiger partial charge is 0.478 e. The molecule has 11 aromatic carbocycles. The van der Waals surface area contributed by atoms with Gasteiger partial charge in [-0.25, -0.2) is 26.7 Å². The minimum atomic E-state index is -2.04. The maximum absolute atomic E-state index is 14.2. The zero-order chi connectivity index (χ0) is 104. The fourth-order valence-corrected chi connectivity index (χ4v) is 19.1. The predicted octanol–water partition coefficient (Wildman–Crippen LogP) is 14.1. The van der Waals surface area contributed by atoms with Gasteiger partial charge in [-0.3, -0.25) is 62.9 Å². The molecule has 11 atom stereocenters. The van der Waals surface area contributed by atoms with Crippen LogP contribution in [0.15, 0.2) is 302 Å².